The highest BCUT2D eigenvalue weighted by Gasteiger charge is 2.15. The Kier molecular flexibility index (Phi) is 4.12. The number of nitrogens with one attached hydrogen (secondary N) is 1. The molecule has 0 unspecified atom stereocenters. The van der Waals surface area contributed by atoms with Crippen LogP contribution in [0.25, 0.3) is 0 Å². The minimum absolute atomic E-state index is 0.325. The number of rotatable bonds is 5. The molecule has 3 N–H and O–H groups in total. The van der Waals surface area contributed by atoms with E-state index in [0.717, 1.165) is 18.9 Å². The van der Waals surface area contributed by atoms with Crippen LogP contribution in [0.1, 0.15) is 20.8 Å². The zero-order valence-corrected chi connectivity index (χ0v) is 12.1. The second-order valence-corrected chi connectivity index (χ2v) is 5.50. The molecule has 2 aromatic heterocycles. The SMILES string of the molecule is CC(C)(C)Oc1nc(NCCn2cccn2)ccc1N. The van der Waals surface area contributed by atoms with Crippen molar-refractivity contribution >= 4 is 11.5 Å². The number of hydrogen-bond donors (Lipinski definition) is 2. The number of nitrogens with two attached hydrogens (primary N) is 1. The minimum atomic E-state index is -0.325. The van der Waals surface area contributed by atoms with Crippen LogP contribution in [0.3, 0.4) is 0 Å². The van der Waals surface area contributed by atoms with Crippen molar-refractivity contribution in [3.8, 4) is 5.88 Å². The molecule has 0 aliphatic carbocycles. The van der Waals surface area contributed by atoms with Gasteiger partial charge in [-0.25, -0.2) is 0 Å². The molecule has 0 aliphatic heterocycles. The van der Waals surface area contributed by atoms with Crippen LogP contribution in [0.4, 0.5) is 11.5 Å². The lowest BCUT2D eigenvalue weighted by Crippen LogP contribution is -2.24. The lowest BCUT2D eigenvalue weighted by atomic mass is 10.2. The van der Waals surface area contributed by atoms with E-state index in [4.69, 9.17) is 10.5 Å². The Hall–Kier alpha value is -2.24. The smallest absolute Gasteiger partial charge is 0.239 e. The van der Waals surface area contributed by atoms with Gasteiger partial charge in [0.05, 0.1) is 12.2 Å². The summed E-state index contributed by atoms with van der Waals surface area (Å²) in [6.07, 6.45) is 3.68. The van der Waals surface area contributed by atoms with Crippen molar-refractivity contribution in [3.05, 3.63) is 30.6 Å². The van der Waals surface area contributed by atoms with Crippen LogP contribution in [-0.2, 0) is 6.54 Å². The summed E-state index contributed by atoms with van der Waals surface area (Å²) in [5, 5.41) is 7.37. The molecule has 0 saturated carbocycles. The Morgan fingerprint density at radius 1 is 1.35 bits per heavy atom. The van der Waals surface area contributed by atoms with Crippen LogP contribution in [-0.4, -0.2) is 26.9 Å². The van der Waals surface area contributed by atoms with Gasteiger partial charge in [0.2, 0.25) is 5.88 Å². The fraction of sp³-hybridized carbons (Fsp3) is 0.429. The van der Waals surface area contributed by atoms with Gasteiger partial charge in [0.15, 0.2) is 0 Å². The first-order valence-electron chi connectivity index (χ1n) is 6.61. The Morgan fingerprint density at radius 2 is 2.15 bits per heavy atom. The first-order chi connectivity index (χ1) is 9.44. The normalized spacial score (nSPS) is 11.3. The van der Waals surface area contributed by atoms with Gasteiger partial charge in [-0.1, -0.05) is 0 Å². The van der Waals surface area contributed by atoms with Gasteiger partial charge in [0.1, 0.15) is 11.4 Å². The van der Waals surface area contributed by atoms with E-state index in [9.17, 15) is 0 Å². The van der Waals surface area contributed by atoms with Crippen molar-refractivity contribution in [3.63, 3.8) is 0 Å². The fourth-order valence-corrected chi connectivity index (χ4v) is 1.65. The molecule has 0 amide bonds. The zero-order valence-electron chi connectivity index (χ0n) is 12.1. The largest absolute Gasteiger partial charge is 0.470 e. The number of hydrogen-bond acceptors (Lipinski definition) is 5. The maximum absolute atomic E-state index is 5.87. The Bertz CT molecular complexity index is 545. The summed E-state index contributed by atoms with van der Waals surface area (Å²) in [7, 11) is 0. The standard InChI is InChI=1S/C14H21N5O/c1-14(2,3)20-13-11(15)5-6-12(18-13)16-8-10-19-9-4-7-17-19/h4-7,9H,8,10,15H2,1-3H3,(H,16,18). The highest BCUT2D eigenvalue weighted by atomic mass is 16.5. The zero-order chi connectivity index (χ0) is 14.6. The summed E-state index contributed by atoms with van der Waals surface area (Å²) in [5.74, 6) is 1.20. The van der Waals surface area contributed by atoms with Crippen molar-refractivity contribution in [1.82, 2.24) is 14.8 Å². The summed E-state index contributed by atoms with van der Waals surface area (Å²) in [6.45, 7) is 7.39. The molecule has 0 saturated heterocycles. The van der Waals surface area contributed by atoms with Crippen molar-refractivity contribution < 1.29 is 4.74 Å². The molecular weight excluding hydrogens is 254 g/mol. The molecule has 2 rings (SSSR count). The minimum Gasteiger partial charge on any atom is -0.470 e. The number of nitrogens with zero attached hydrogens (tertiary/aromatic N) is 3. The highest BCUT2D eigenvalue weighted by molar-refractivity contribution is 5.53. The predicted octanol–water partition coefficient (Wildman–Crippen LogP) is 2.15. The average Bonchev–Trinajstić information content (AvgIpc) is 2.84. The van der Waals surface area contributed by atoms with Crippen LogP contribution < -0.4 is 15.8 Å². The summed E-state index contributed by atoms with van der Waals surface area (Å²) in [6, 6.07) is 5.54. The molecule has 6 heteroatoms. The van der Waals surface area contributed by atoms with Crippen LogP contribution >= 0.6 is 0 Å². The molecule has 0 spiro atoms. The van der Waals surface area contributed by atoms with E-state index >= 15 is 0 Å². The van der Waals surface area contributed by atoms with Crippen LogP contribution in [0, 0.1) is 0 Å². The molecule has 0 radical (unpaired) electrons. The average molecular weight is 275 g/mol. The van der Waals surface area contributed by atoms with E-state index in [1.807, 2.05) is 43.8 Å². The number of aromatic nitrogens is 3. The third-order valence-corrected chi connectivity index (χ3v) is 2.50. The first kappa shape index (κ1) is 14.2. The highest BCUT2D eigenvalue weighted by Crippen LogP contribution is 2.24. The van der Waals surface area contributed by atoms with Crippen LogP contribution in [0.5, 0.6) is 5.88 Å². The lowest BCUT2D eigenvalue weighted by Gasteiger charge is -2.21. The molecule has 0 bridgehead atoms. The molecule has 2 heterocycles. The maximum atomic E-state index is 5.87. The third-order valence-electron chi connectivity index (χ3n) is 2.50. The van der Waals surface area contributed by atoms with E-state index in [-0.39, 0.29) is 5.60 Å². The van der Waals surface area contributed by atoms with E-state index in [2.05, 4.69) is 15.4 Å². The molecule has 6 nitrogen and oxygen atoms in total. The summed E-state index contributed by atoms with van der Waals surface area (Å²) < 4.78 is 7.59. The van der Waals surface area contributed by atoms with Gasteiger partial charge < -0.3 is 15.8 Å². The summed E-state index contributed by atoms with van der Waals surface area (Å²) >= 11 is 0. The number of pyridine rings is 1. The number of ether oxygens (including phenoxy) is 1. The predicted molar refractivity (Wildman–Crippen MR) is 79.7 cm³/mol. The van der Waals surface area contributed by atoms with E-state index < -0.39 is 0 Å². The van der Waals surface area contributed by atoms with Gasteiger partial charge in [0, 0.05) is 18.9 Å². The van der Waals surface area contributed by atoms with Gasteiger partial charge in [-0.05, 0) is 39.0 Å². The van der Waals surface area contributed by atoms with Gasteiger partial charge >= 0.3 is 0 Å². The van der Waals surface area contributed by atoms with Gasteiger partial charge in [-0.3, -0.25) is 4.68 Å². The monoisotopic (exact) mass is 275 g/mol. The molecule has 0 aromatic carbocycles. The lowest BCUT2D eigenvalue weighted by molar-refractivity contribution is 0.125. The number of nitrogen functional groups attached to an aromatic ring is 1. The molecular formula is C14H21N5O. The molecule has 108 valence electrons. The third kappa shape index (κ3) is 4.15. The second kappa shape index (κ2) is 5.81. The summed E-state index contributed by atoms with van der Waals surface area (Å²) in [4.78, 5) is 4.39. The van der Waals surface area contributed by atoms with Gasteiger partial charge in [-0.15, -0.1) is 0 Å². The second-order valence-electron chi connectivity index (χ2n) is 5.50. The maximum Gasteiger partial charge on any atom is 0.239 e. The van der Waals surface area contributed by atoms with Crippen LogP contribution in [0.2, 0.25) is 0 Å². The quantitative estimate of drug-likeness (QED) is 0.874. The van der Waals surface area contributed by atoms with E-state index in [1.165, 1.54) is 0 Å². The van der Waals surface area contributed by atoms with Crippen molar-refractivity contribution in [1.29, 1.82) is 0 Å². The van der Waals surface area contributed by atoms with E-state index in [0.29, 0.717) is 11.6 Å². The molecule has 2 aromatic rings. The molecule has 20 heavy (non-hydrogen) atoms. The van der Waals surface area contributed by atoms with Gasteiger partial charge in [-0.2, -0.15) is 10.1 Å². The molecule has 0 atom stereocenters. The van der Waals surface area contributed by atoms with Crippen molar-refractivity contribution in [2.45, 2.75) is 32.9 Å². The Morgan fingerprint density at radius 3 is 2.80 bits per heavy atom. The Balaban J connectivity index is 1.96. The molecule has 0 fully saturated rings. The number of anilines is 2. The first-order valence-corrected chi connectivity index (χ1v) is 6.61. The van der Waals surface area contributed by atoms with Gasteiger partial charge in [0.25, 0.3) is 0 Å². The molecule has 0 aliphatic rings. The van der Waals surface area contributed by atoms with Crippen molar-refractivity contribution in [2.75, 3.05) is 17.6 Å². The van der Waals surface area contributed by atoms with Crippen molar-refractivity contribution in [2.24, 2.45) is 0 Å². The fourth-order valence-electron chi connectivity index (χ4n) is 1.65. The Labute approximate surface area is 119 Å². The topological polar surface area (TPSA) is 78.0 Å². The summed E-state index contributed by atoms with van der Waals surface area (Å²) in [5.41, 5.74) is 6.09. The van der Waals surface area contributed by atoms with E-state index in [1.54, 1.807) is 12.3 Å². The van der Waals surface area contributed by atoms with Crippen LogP contribution in [0.15, 0.2) is 30.6 Å².